The predicted octanol–water partition coefficient (Wildman–Crippen LogP) is 3.07. The second-order valence-electron chi connectivity index (χ2n) is 6.29. The van der Waals surface area contributed by atoms with Crippen molar-refractivity contribution in [2.24, 2.45) is 0 Å². The lowest BCUT2D eigenvalue weighted by Crippen LogP contribution is -2.33. The minimum Gasteiger partial charge on any atom is -0.497 e. The van der Waals surface area contributed by atoms with E-state index in [2.05, 4.69) is 0 Å². The first-order chi connectivity index (χ1) is 13.0. The van der Waals surface area contributed by atoms with E-state index in [0.29, 0.717) is 22.6 Å². The van der Waals surface area contributed by atoms with Gasteiger partial charge in [-0.2, -0.15) is 0 Å². The standard InChI is InChI=1S/C21H16O6/c1-25-11-7-8-12(16(9-11)26-2)15-10-17(22)27-21-18(15)19(23)13-5-3-4-6-14(13)20(21)24/h3-9,15H,10H2,1-2H3. The molecule has 2 aromatic carbocycles. The van der Waals surface area contributed by atoms with Crippen LogP contribution in [0.15, 0.2) is 53.8 Å². The van der Waals surface area contributed by atoms with Gasteiger partial charge in [0.25, 0.3) is 0 Å². The Kier molecular flexibility index (Phi) is 4.03. The highest BCUT2D eigenvalue weighted by atomic mass is 16.5. The van der Waals surface area contributed by atoms with Gasteiger partial charge in [-0.05, 0) is 6.07 Å². The van der Waals surface area contributed by atoms with Gasteiger partial charge < -0.3 is 14.2 Å². The Bertz CT molecular complexity index is 1020. The van der Waals surface area contributed by atoms with Crippen LogP contribution in [-0.2, 0) is 9.53 Å². The van der Waals surface area contributed by atoms with Gasteiger partial charge in [0.1, 0.15) is 11.5 Å². The van der Waals surface area contributed by atoms with Crippen LogP contribution in [0.5, 0.6) is 11.5 Å². The van der Waals surface area contributed by atoms with Crippen LogP contribution in [0.3, 0.4) is 0 Å². The number of Topliss-reactive ketones (excluding diaryl/α,β-unsaturated/α-hetero) is 2. The predicted molar refractivity (Wildman–Crippen MR) is 95.1 cm³/mol. The largest absolute Gasteiger partial charge is 0.497 e. The molecule has 2 aromatic rings. The third-order valence-electron chi connectivity index (χ3n) is 4.86. The second-order valence-corrected chi connectivity index (χ2v) is 6.29. The molecule has 0 fully saturated rings. The molecule has 0 radical (unpaired) electrons. The van der Waals surface area contributed by atoms with E-state index in [0.717, 1.165) is 0 Å². The summed E-state index contributed by atoms with van der Waals surface area (Å²) < 4.78 is 15.8. The van der Waals surface area contributed by atoms with E-state index < -0.39 is 17.7 Å². The highest BCUT2D eigenvalue weighted by Gasteiger charge is 2.43. The lowest BCUT2D eigenvalue weighted by Gasteiger charge is -2.30. The smallest absolute Gasteiger partial charge is 0.312 e. The number of allylic oxidation sites excluding steroid dienone is 2. The summed E-state index contributed by atoms with van der Waals surface area (Å²) >= 11 is 0. The Hall–Kier alpha value is -3.41. The molecule has 0 saturated carbocycles. The maximum absolute atomic E-state index is 13.1. The molecule has 0 aromatic heterocycles. The minimum absolute atomic E-state index is 0.0529. The van der Waals surface area contributed by atoms with Crippen LogP contribution in [0.1, 0.15) is 38.6 Å². The molecule has 1 aliphatic carbocycles. The molecular weight excluding hydrogens is 348 g/mol. The van der Waals surface area contributed by atoms with E-state index in [4.69, 9.17) is 14.2 Å². The van der Waals surface area contributed by atoms with Crippen molar-refractivity contribution in [2.75, 3.05) is 14.2 Å². The van der Waals surface area contributed by atoms with E-state index in [1.54, 1.807) is 42.5 Å². The molecule has 6 nitrogen and oxygen atoms in total. The number of rotatable bonds is 3. The van der Waals surface area contributed by atoms with Gasteiger partial charge in [0.2, 0.25) is 5.78 Å². The third kappa shape index (κ3) is 2.61. The maximum Gasteiger partial charge on any atom is 0.312 e. The van der Waals surface area contributed by atoms with E-state index in [1.165, 1.54) is 14.2 Å². The molecule has 0 amide bonds. The normalized spacial score (nSPS) is 18.6. The quantitative estimate of drug-likeness (QED) is 0.779. The fourth-order valence-electron chi connectivity index (χ4n) is 3.59. The monoisotopic (exact) mass is 364 g/mol. The summed E-state index contributed by atoms with van der Waals surface area (Å²) in [4.78, 5) is 38.2. The van der Waals surface area contributed by atoms with Crippen LogP contribution in [-0.4, -0.2) is 31.8 Å². The topological polar surface area (TPSA) is 78.9 Å². The first kappa shape index (κ1) is 17.0. The number of methoxy groups -OCH3 is 2. The molecule has 0 N–H and O–H groups in total. The second kappa shape index (κ2) is 6.39. The molecule has 6 heteroatoms. The van der Waals surface area contributed by atoms with Crippen molar-refractivity contribution in [2.45, 2.75) is 12.3 Å². The molecule has 1 aliphatic heterocycles. The van der Waals surface area contributed by atoms with E-state index >= 15 is 0 Å². The number of esters is 1. The number of hydrogen-bond donors (Lipinski definition) is 0. The van der Waals surface area contributed by atoms with Gasteiger partial charge in [0.05, 0.1) is 26.2 Å². The van der Waals surface area contributed by atoms with Gasteiger partial charge in [-0.3, -0.25) is 14.4 Å². The molecule has 27 heavy (non-hydrogen) atoms. The first-order valence-electron chi connectivity index (χ1n) is 8.40. The number of carbonyl (C=O) groups excluding carboxylic acids is 3. The average Bonchev–Trinajstić information content (AvgIpc) is 2.70. The minimum atomic E-state index is -0.632. The summed E-state index contributed by atoms with van der Waals surface area (Å²) in [6.45, 7) is 0. The summed E-state index contributed by atoms with van der Waals surface area (Å²) in [7, 11) is 3.03. The van der Waals surface area contributed by atoms with Crippen molar-refractivity contribution in [1.82, 2.24) is 0 Å². The molecule has 136 valence electrons. The highest BCUT2D eigenvalue weighted by molar-refractivity contribution is 6.27. The summed E-state index contributed by atoms with van der Waals surface area (Å²) in [5, 5.41) is 0. The summed E-state index contributed by atoms with van der Waals surface area (Å²) in [5.41, 5.74) is 1.39. The summed E-state index contributed by atoms with van der Waals surface area (Å²) in [6.07, 6.45) is -0.0529. The molecule has 1 unspecified atom stereocenters. The zero-order valence-corrected chi connectivity index (χ0v) is 14.8. The maximum atomic E-state index is 13.1. The van der Waals surface area contributed by atoms with Crippen molar-refractivity contribution < 1.29 is 28.6 Å². The Morgan fingerprint density at radius 1 is 0.926 bits per heavy atom. The van der Waals surface area contributed by atoms with Gasteiger partial charge in [-0.15, -0.1) is 0 Å². The van der Waals surface area contributed by atoms with Crippen LogP contribution < -0.4 is 9.47 Å². The molecule has 4 rings (SSSR count). The lowest BCUT2D eigenvalue weighted by molar-refractivity contribution is -0.140. The van der Waals surface area contributed by atoms with Gasteiger partial charge in [0.15, 0.2) is 11.5 Å². The van der Waals surface area contributed by atoms with Crippen LogP contribution in [0.4, 0.5) is 0 Å². The molecule has 1 atom stereocenters. The van der Waals surface area contributed by atoms with Gasteiger partial charge >= 0.3 is 5.97 Å². The molecular formula is C21H16O6. The van der Waals surface area contributed by atoms with Crippen LogP contribution >= 0.6 is 0 Å². The van der Waals surface area contributed by atoms with Crippen molar-refractivity contribution in [3.63, 3.8) is 0 Å². The number of benzene rings is 2. The zero-order valence-electron chi connectivity index (χ0n) is 14.8. The fourth-order valence-corrected chi connectivity index (χ4v) is 3.59. The molecule has 0 saturated heterocycles. The van der Waals surface area contributed by atoms with E-state index in [9.17, 15) is 14.4 Å². The van der Waals surface area contributed by atoms with Crippen molar-refractivity contribution in [1.29, 1.82) is 0 Å². The molecule has 2 aliphatic rings. The van der Waals surface area contributed by atoms with Gasteiger partial charge in [-0.1, -0.05) is 30.3 Å². The number of hydrogen-bond acceptors (Lipinski definition) is 6. The summed E-state index contributed by atoms with van der Waals surface area (Å²) in [5.74, 6) is -1.08. The van der Waals surface area contributed by atoms with Crippen LogP contribution in [0.2, 0.25) is 0 Å². The van der Waals surface area contributed by atoms with Crippen LogP contribution in [0.25, 0.3) is 0 Å². The number of ether oxygens (including phenoxy) is 3. The van der Waals surface area contributed by atoms with Gasteiger partial charge in [-0.25, -0.2) is 0 Å². The number of carbonyl (C=O) groups is 3. The molecule has 1 heterocycles. The van der Waals surface area contributed by atoms with Crippen molar-refractivity contribution >= 4 is 17.5 Å². The lowest BCUT2D eigenvalue weighted by atomic mass is 9.76. The first-order valence-corrected chi connectivity index (χ1v) is 8.40. The molecule has 0 bridgehead atoms. The number of ketones is 2. The van der Waals surface area contributed by atoms with Crippen LogP contribution in [0, 0.1) is 0 Å². The Morgan fingerprint density at radius 2 is 1.63 bits per heavy atom. The highest BCUT2D eigenvalue weighted by Crippen LogP contribution is 2.44. The summed E-state index contributed by atoms with van der Waals surface area (Å²) in [6, 6.07) is 11.7. The van der Waals surface area contributed by atoms with E-state index in [1.807, 2.05) is 0 Å². The van der Waals surface area contributed by atoms with Gasteiger partial charge in [0, 0.05) is 28.7 Å². The van der Waals surface area contributed by atoms with E-state index in [-0.39, 0.29) is 29.1 Å². The Morgan fingerprint density at radius 3 is 2.30 bits per heavy atom. The number of fused-ring (bicyclic) bond motifs is 1. The van der Waals surface area contributed by atoms with Crippen molar-refractivity contribution in [3.05, 3.63) is 70.5 Å². The average molecular weight is 364 g/mol. The third-order valence-corrected chi connectivity index (χ3v) is 4.86. The zero-order chi connectivity index (χ0) is 19.1. The Labute approximate surface area is 155 Å². The Balaban J connectivity index is 1.91. The fraction of sp³-hybridized carbons (Fsp3) is 0.190. The van der Waals surface area contributed by atoms with Crippen molar-refractivity contribution in [3.8, 4) is 11.5 Å². The SMILES string of the molecule is COc1ccc(C2CC(=O)OC3=C2C(=O)c2ccccc2C3=O)c(OC)c1. The molecule has 0 spiro atoms.